The Morgan fingerprint density at radius 2 is 1.67 bits per heavy atom. The molecule has 0 unspecified atom stereocenters. The lowest BCUT2D eigenvalue weighted by Crippen LogP contribution is -2.40. The van der Waals surface area contributed by atoms with Crippen LogP contribution in [0, 0.1) is 0 Å². The number of aryl methyl sites for hydroxylation is 1. The fourth-order valence-corrected chi connectivity index (χ4v) is 3.29. The van der Waals surface area contributed by atoms with Crippen LogP contribution in [0.4, 0.5) is 16.2 Å². The van der Waals surface area contributed by atoms with E-state index in [2.05, 4.69) is 15.7 Å². The largest absolute Gasteiger partial charge is 0.444 e. The van der Waals surface area contributed by atoms with Gasteiger partial charge in [0.05, 0.1) is 6.54 Å². The van der Waals surface area contributed by atoms with Crippen molar-refractivity contribution in [1.29, 1.82) is 0 Å². The van der Waals surface area contributed by atoms with E-state index < -0.39 is 11.7 Å². The van der Waals surface area contributed by atoms with Gasteiger partial charge in [0.2, 0.25) is 5.91 Å². The Labute approximate surface area is 175 Å². The quantitative estimate of drug-likeness (QED) is 0.805. The minimum atomic E-state index is -0.587. The summed E-state index contributed by atoms with van der Waals surface area (Å²) in [6.45, 7) is 7.66. The summed E-state index contributed by atoms with van der Waals surface area (Å²) in [6.07, 6.45) is 0.188. The molecular formula is C21H27N5O4. The number of amides is 3. The molecule has 0 saturated carbocycles. The van der Waals surface area contributed by atoms with Crippen LogP contribution in [0.5, 0.6) is 0 Å². The van der Waals surface area contributed by atoms with Gasteiger partial charge in [0.1, 0.15) is 5.60 Å². The van der Waals surface area contributed by atoms with Gasteiger partial charge in [-0.15, -0.1) is 0 Å². The molecule has 0 atom stereocenters. The first kappa shape index (κ1) is 21.4. The van der Waals surface area contributed by atoms with Crippen LogP contribution in [0.1, 0.15) is 49.4 Å². The lowest BCUT2D eigenvalue weighted by molar-refractivity contribution is -0.114. The number of rotatable bonds is 3. The molecule has 1 aliphatic heterocycles. The number of aromatic nitrogens is 2. The second-order valence-corrected chi connectivity index (χ2v) is 8.26. The van der Waals surface area contributed by atoms with Gasteiger partial charge in [0.15, 0.2) is 5.69 Å². The Morgan fingerprint density at radius 3 is 2.23 bits per heavy atom. The molecule has 0 saturated heterocycles. The molecule has 1 aliphatic rings. The van der Waals surface area contributed by atoms with E-state index in [0.717, 1.165) is 11.3 Å². The summed E-state index contributed by atoms with van der Waals surface area (Å²) in [5, 5.41) is 9.88. The molecule has 0 bridgehead atoms. The summed E-state index contributed by atoms with van der Waals surface area (Å²) in [7, 11) is 1.79. The second-order valence-electron chi connectivity index (χ2n) is 8.26. The third kappa shape index (κ3) is 4.97. The van der Waals surface area contributed by atoms with Gasteiger partial charge in [-0.2, -0.15) is 5.10 Å². The van der Waals surface area contributed by atoms with Crippen LogP contribution in [-0.2, 0) is 29.5 Å². The maximum absolute atomic E-state index is 12.9. The Kier molecular flexibility index (Phi) is 5.82. The first-order chi connectivity index (χ1) is 14.0. The number of hydrogen-bond acceptors (Lipinski definition) is 5. The molecule has 9 nitrogen and oxygen atoms in total. The molecule has 0 spiro atoms. The molecule has 3 amide bonds. The maximum atomic E-state index is 12.9. The molecule has 160 valence electrons. The molecule has 1 aromatic heterocycles. The molecular weight excluding hydrogens is 386 g/mol. The number of carbonyl (C=O) groups excluding carboxylic acids is 3. The van der Waals surface area contributed by atoms with Gasteiger partial charge in [-0.05, 0) is 45.0 Å². The van der Waals surface area contributed by atoms with Crippen LogP contribution in [0.25, 0.3) is 0 Å². The Balaban J connectivity index is 1.75. The number of anilines is 2. The zero-order chi connectivity index (χ0) is 22.1. The van der Waals surface area contributed by atoms with Crippen LogP contribution in [0.3, 0.4) is 0 Å². The highest BCUT2D eigenvalue weighted by atomic mass is 16.6. The molecule has 30 heavy (non-hydrogen) atoms. The standard InChI is InChI=1S/C21H27N5O4/c1-13(27)22-14-6-8-15(9-7-14)23-19(28)18-16-12-26(20(29)30-21(2,3)4)11-10-17(16)25(5)24-18/h6-9H,10-12H2,1-5H3,(H,22,27)(H,23,28). The van der Waals surface area contributed by atoms with E-state index in [1.54, 1.807) is 40.9 Å². The van der Waals surface area contributed by atoms with Gasteiger partial charge >= 0.3 is 6.09 Å². The number of hydrogen-bond donors (Lipinski definition) is 2. The van der Waals surface area contributed by atoms with Crippen LogP contribution < -0.4 is 10.6 Å². The molecule has 0 radical (unpaired) electrons. The second kappa shape index (κ2) is 8.17. The first-order valence-corrected chi connectivity index (χ1v) is 9.75. The summed E-state index contributed by atoms with van der Waals surface area (Å²) in [4.78, 5) is 38.0. The zero-order valence-corrected chi connectivity index (χ0v) is 17.9. The molecule has 2 heterocycles. The Morgan fingerprint density at radius 1 is 1.07 bits per heavy atom. The highest BCUT2D eigenvalue weighted by Crippen LogP contribution is 2.25. The van der Waals surface area contributed by atoms with Crippen molar-refractivity contribution in [2.24, 2.45) is 7.05 Å². The van der Waals surface area contributed by atoms with Gasteiger partial charge in [-0.3, -0.25) is 14.3 Å². The van der Waals surface area contributed by atoms with Gasteiger partial charge in [-0.25, -0.2) is 4.79 Å². The zero-order valence-electron chi connectivity index (χ0n) is 17.9. The number of nitrogens with one attached hydrogen (secondary N) is 2. The molecule has 0 aliphatic carbocycles. The van der Waals surface area contributed by atoms with Gasteiger partial charge in [0.25, 0.3) is 5.91 Å². The van der Waals surface area contributed by atoms with Crippen molar-refractivity contribution >= 4 is 29.3 Å². The highest BCUT2D eigenvalue weighted by Gasteiger charge is 2.31. The topological polar surface area (TPSA) is 106 Å². The van der Waals surface area contributed by atoms with Crippen molar-refractivity contribution < 1.29 is 19.1 Å². The number of benzene rings is 1. The predicted molar refractivity (Wildman–Crippen MR) is 112 cm³/mol. The molecule has 1 aromatic carbocycles. The van der Waals surface area contributed by atoms with Crippen molar-refractivity contribution in [3.05, 3.63) is 41.2 Å². The lowest BCUT2D eigenvalue weighted by Gasteiger charge is -2.30. The smallest absolute Gasteiger partial charge is 0.410 e. The number of carbonyl (C=O) groups is 3. The van der Waals surface area contributed by atoms with Crippen LogP contribution in [0.15, 0.2) is 24.3 Å². The summed E-state index contributed by atoms with van der Waals surface area (Å²) in [5.74, 6) is -0.522. The van der Waals surface area contributed by atoms with Crippen molar-refractivity contribution in [3.63, 3.8) is 0 Å². The summed E-state index contributed by atoms with van der Waals surface area (Å²) in [5.41, 5.74) is 2.57. The van der Waals surface area contributed by atoms with Crippen LogP contribution >= 0.6 is 0 Å². The third-order valence-corrected chi connectivity index (χ3v) is 4.57. The fraction of sp³-hybridized carbons (Fsp3) is 0.429. The van der Waals surface area contributed by atoms with Crippen molar-refractivity contribution in [3.8, 4) is 0 Å². The normalized spacial score (nSPS) is 13.4. The van der Waals surface area contributed by atoms with E-state index in [0.29, 0.717) is 24.3 Å². The lowest BCUT2D eigenvalue weighted by atomic mass is 10.0. The Hall–Kier alpha value is -3.36. The van der Waals surface area contributed by atoms with E-state index in [4.69, 9.17) is 4.74 Å². The fourth-order valence-electron chi connectivity index (χ4n) is 3.29. The van der Waals surface area contributed by atoms with E-state index in [1.165, 1.54) is 6.92 Å². The molecule has 2 N–H and O–H groups in total. The van der Waals surface area contributed by atoms with E-state index in [-0.39, 0.29) is 24.1 Å². The summed E-state index contributed by atoms with van der Waals surface area (Å²) in [6, 6.07) is 6.81. The third-order valence-electron chi connectivity index (χ3n) is 4.57. The average Bonchev–Trinajstić information content (AvgIpc) is 2.98. The minimum absolute atomic E-state index is 0.165. The van der Waals surface area contributed by atoms with Crippen LogP contribution in [0.2, 0.25) is 0 Å². The van der Waals surface area contributed by atoms with E-state index >= 15 is 0 Å². The molecule has 2 aromatic rings. The van der Waals surface area contributed by atoms with Gasteiger partial charge in [0, 0.05) is 49.6 Å². The minimum Gasteiger partial charge on any atom is -0.444 e. The molecule has 0 fully saturated rings. The highest BCUT2D eigenvalue weighted by molar-refractivity contribution is 6.04. The molecule has 3 rings (SSSR count). The van der Waals surface area contributed by atoms with E-state index in [1.807, 2.05) is 20.8 Å². The maximum Gasteiger partial charge on any atom is 0.410 e. The Bertz CT molecular complexity index is 973. The first-order valence-electron chi connectivity index (χ1n) is 9.75. The van der Waals surface area contributed by atoms with E-state index in [9.17, 15) is 14.4 Å². The van der Waals surface area contributed by atoms with Crippen LogP contribution in [-0.4, -0.2) is 44.7 Å². The van der Waals surface area contributed by atoms with Crippen molar-refractivity contribution in [2.75, 3.05) is 17.2 Å². The number of fused-ring (bicyclic) bond motifs is 1. The number of ether oxygens (including phenoxy) is 1. The van der Waals surface area contributed by atoms with Crippen molar-refractivity contribution in [2.45, 2.75) is 46.3 Å². The number of nitrogens with zero attached hydrogens (tertiary/aromatic N) is 3. The van der Waals surface area contributed by atoms with Crippen molar-refractivity contribution in [1.82, 2.24) is 14.7 Å². The molecule has 9 heteroatoms. The predicted octanol–water partition coefficient (Wildman–Crippen LogP) is 2.92. The monoisotopic (exact) mass is 413 g/mol. The van der Waals surface area contributed by atoms with Gasteiger partial charge in [-0.1, -0.05) is 0 Å². The summed E-state index contributed by atoms with van der Waals surface area (Å²) >= 11 is 0. The SMILES string of the molecule is CC(=O)Nc1ccc(NC(=O)c2nn(C)c3c2CN(C(=O)OC(C)(C)C)CC3)cc1. The average molecular weight is 413 g/mol. The summed E-state index contributed by atoms with van der Waals surface area (Å²) < 4.78 is 7.15. The van der Waals surface area contributed by atoms with Gasteiger partial charge < -0.3 is 20.3 Å².